The molecule has 0 rings (SSSR count). The topological polar surface area (TPSA) is 86.4 Å². The third kappa shape index (κ3) is 12.5. The zero-order valence-electron chi connectivity index (χ0n) is 5.52. The largest absolute Gasteiger partial charge is 1.00 e. The zero-order chi connectivity index (χ0) is 7.33. The molecule has 0 bridgehead atoms. The first kappa shape index (κ1) is 14.3. The van der Waals surface area contributed by atoms with Crippen LogP contribution in [0.1, 0.15) is 0 Å². The van der Waals surface area contributed by atoms with Crippen LogP contribution in [0.2, 0.25) is 0 Å². The van der Waals surface area contributed by atoms with Gasteiger partial charge in [-0.25, -0.2) is 0 Å². The summed E-state index contributed by atoms with van der Waals surface area (Å²) in [5.74, 6) is 0.525. The maximum absolute atomic E-state index is 9.99. The van der Waals surface area contributed by atoms with Crippen LogP contribution >= 0.6 is 28.0 Å². The standard InChI is InChI=1S/C2H8NO3PS2.Na/c3-1-2-8-9-7(4,5)6;/h1-3H2,(H2,4,5,6);/q;+1/p-1. The Kier molecular flexibility index (Phi) is 10.7. The minimum atomic E-state index is -4.12. The van der Waals surface area contributed by atoms with Gasteiger partial charge in [0.25, 0.3) is 0 Å². The summed E-state index contributed by atoms with van der Waals surface area (Å²) in [5, 5.41) is 0. The Morgan fingerprint density at radius 2 is 2.20 bits per heavy atom. The van der Waals surface area contributed by atoms with Gasteiger partial charge in [0.2, 0.25) is 0 Å². The van der Waals surface area contributed by atoms with E-state index in [1.807, 2.05) is 0 Å². The molecule has 0 amide bonds. The fourth-order valence-electron chi connectivity index (χ4n) is 0.152. The molecule has 0 aromatic carbocycles. The summed E-state index contributed by atoms with van der Waals surface area (Å²) in [4.78, 5) is 18.1. The Balaban J connectivity index is 0. The summed E-state index contributed by atoms with van der Waals surface area (Å²) in [7, 11) is 1.48. The van der Waals surface area contributed by atoms with E-state index in [4.69, 9.17) is 10.6 Å². The van der Waals surface area contributed by atoms with Crippen LogP contribution in [0.25, 0.3) is 0 Å². The van der Waals surface area contributed by atoms with Gasteiger partial charge in [0.05, 0.1) is 0 Å². The molecule has 0 saturated heterocycles. The normalized spacial score (nSPS) is 15.5. The van der Waals surface area contributed by atoms with Gasteiger partial charge in [-0.1, -0.05) is 10.8 Å². The molecule has 1 atom stereocenters. The molecule has 8 heteroatoms. The van der Waals surface area contributed by atoms with E-state index in [2.05, 4.69) is 0 Å². The third-order valence-electron chi connectivity index (χ3n) is 0.348. The Labute approximate surface area is 89.3 Å². The second kappa shape index (κ2) is 7.46. The van der Waals surface area contributed by atoms with E-state index in [9.17, 15) is 9.46 Å². The average molecular weight is 211 g/mol. The Hall–Kier alpha value is 1.81. The van der Waals surface area contributed by atoms with Gasteiger partial charge in [0.1, 0.15) is 0 Å². The summed E-state index contributed by atoms with van der Waals surface area (Å²) in [6.45, 7) is -3.71. The first-order chi connectivity index (χ1) is 4.06. The maximum Gasteiger partial charge on any atom is 1.00 e. The molecule has 0 spiro atoms. The minimum absolute atomic E-state index is 0. The number of rotatable bonds is 4. The van der Waals surface area contributed by atoms with Crippen molar-refractivity contribution in [3.05, 3.63) is 0 Å². The summed E-state index contributed by atoms with van der Waals surface area (Å²) in [6.07, 6.45) is 0. The Bertz CT molecular complexity index is 119. The van der Waals surface area contributed by atoms with Gasteiger partial charge in [0.15, 0.2) is 6.80 Å². The van der Waals surface area contributed by atoms with Gasteiger partial charge in [-0.15, -0.1) is 0 Å². The zero-order valence-corrected chi connectivity index (χ0v) is 10.0. The second-order valence-corrected chi connectivity index (χ2v) is 6.76. The van der Waals surface area contributed by atoms with Crippen LogP contribution in [0.4, 0.5) is 0 Å². The fourth-order valence-corrected chi connectivity index (χ4v) is 3.24. The summed E-state index contributed by atoms with van der Waals surface area (Å²) in [6, 6.07) is 0. The summed E-state index contributed by atoms with van der Waals surface area (Å²) >= 11 is 0. The summed E-state index contributed by atoms with van der Waals surface area (Å²) < 4.78 is 9.99. The van der Waals surface area contributed by atoms with Gasteiger partial charge >= 0.3 is 29.6 Å². The molecule has 10 heavy (non-hydrogen) atoms. The van der Waals surface area contributed by atoms with Gasteiger partial charge in [0, 0.05) is 12.3 Å². The van der Waals surface area contributed by atoms with Gasteiger partial charge in [-0.05, 0) is 10.4 Å². The predicted molar refractivity (Wildman–Crippen MR) is 38.9 cm³/mol. The fraction of sp³-hybridized carbons (Fsp3) is 1.00. The molecule has 0 aromatic heterocycles. The van der Waals surface area contributed by atoms with Crippen LogP contribution < -0.4 is 40.2 Å². The summed E-state index contributed by atoms with van der Waals surface area (Å²) in [5.41, 5.74) is 5.05. The van der Waals surface area contributed by atoms with E-state index in [0.717, 1.165) is 10.8 Å². The molecule has 0 heterocycles. The van der Waals surface area contributed by atoms with Crippen LogP contribution in [0, 0.1) is 0 Å². The Morgan fingerprint density at radius 3 is 2.50 bits per heavy atom. The van der Waals surface area contributed by atoms with Crippen molar-refractivity contribution < 1.29 is 43.9 Å². The van der Waals surface area contributed by atoms with Crippen LogP contribution in [0.15, 0.2) is 0 Å². The molecular formula is C2H7NNaO3PS2. The average Bonchev–Trinajstić information content (AvgIpc) is 1.63. The van der Waals surface area contributed by atoms with Crippen molar-refractivity contribution in [3.8, 4) is 0 Å². The van der Waals surface area contributed by atoms with Crippen molar-refractivity contribution >= 4 is 28.0 Å². The molecule has 56 valence electrons. The van der Waals surface area contributed by atoms with Crippen molar-refractivity contribution in [2.45, 2.75) is 0 Å². The quantitative estimate of drug-likeness (QED) is 0.220. The van der Waals surface area contributed by atoms with E-state index in [1.165, 1.54) is 0 Å². The molecule has 4 nitrogen and oxygen atoms in total. The first-order valence-electron chi connectivity index (χ1n) is 2.11. The van der Waals surface area contributed by atoms with Crippen LogP contribution in [0.5, 0.6) is 0 Å². The first-order valence-corrected chi connectivity index (χ1v) is 6.61. The third-order valence-corrected chi connectivity index (χ3v) is 5.07. The molecule has 0 aromatic rings. The van der Waals surface area contributed by atoms with Gasteiger partial charge < -0.3 is 15.5 Å². The molecular weight excluding hydrogens is 204 g/mol. The smallest absolute Gasteiger partial charge is 0.770 e. The molecule has 0 radical (unpaired) electrons. The van der Waals surface area contributed by atoms with E-state index in [-0.39, 0.29) is 29.6 Å². The van der Waals surface area contributed by atoms with E-state index in [1.54, 1.807) is 0 Å². The molecule has 0 fully saturated rings. The maximum atomic E-state index is 9.99. The van der Waals surface area contributed by atoms with E-state index >= 15 is 0 Å². The monoisotopic (exact) mass is 211 g/mol. The van der Waals surface area contributed by atoms with Crippen LogP contribution in [-0.4, -0.2) is 17.2 Å². The Morgan fingerprint density at radius 1 is 1.70 bits per heavy atom. The van der Waals surface area contributed by atoms with Crippen LogP contribution in [0.3, 0.4) is 0 Å². The van der Waals surface area contributed by atoms with Crippen molar-refractivity contribution in [3.63, 3.8) is 0 Å². The van der Waals surface area contributed by atoms with Crippen molar-refractivity contribution in [2.75, 3.05) is 12.3 Å². The minimum Gasteiger partial charge on any atom is -0.770 e. The van der Waals surface area contributed by atoms with Crippen molar-refractivity contribution in [1.29, 1.82) is 0 Å². The molecule has 0 saturated carbocycles. The molecule has 0 aliphatic carbocycles. The molecule has 1 unspecified atom stereocenters. The van der Waals surface area contributed by atoms with Crippen LogP contribution in [-0.2, 0) is 4.57 Å². The second-order valence-electron chi connectivity index (χ2n) is 1.15. The molecule has 0 aliphatic heterocycles. The predicted octanol–water partition coefficient (Wildman–Crippen LogP) is -3.21. The van der Waals surface area contributed by atoms with Gasteiger partial charge in [-0.3, -0.25) is 4.57 Å². The van der Waals surface area contributed by atoms with E-state index < -0.39 is 6.80 Å². The van der Waals surface area contributed by atoms with Crippen molar-refractivity contribution in [2.24, 2.45) is 5.73 Å². The SMILES string of the molecule is NCCSSP(=O)([O-])O.[Na+]. The van der Waals surface area contributed by atoms with Gasteiger partial charge in [-0.2, -0.15) is 0 Å². The number of hydrogen-bond acceptors (Lipinski definition) is 5. The van der Waals surface area contributed by atoms with Crippen molar-refractivity contribution in [1.82, 2.24) is 0 Å². The molecule has 3 N–H and O–H groups in total. The molecule has 0 aliphatic rings. The number of hydrogen-bond donors (Lipinski definition) is 2. The number of nitrogens with two attached hydrogens (primary N) is 1. The van der Waals surface area contributed by atoms with E-state index in [0.29, 0.717) is 22.7 Å².